The second kappa shape index (κ2) is 5.30. The van der Waals surface area contributed by atoms with E-state index in [-0.39, 0.29) is 6.61 Å². The van der Waals surface area contributed by atoms with Crippen molar-refractivity contribution in [3.63, 3.8) is 0 Å². The first-order valence-electron chi connectivity index (χ1n) is 5.29. The molecule has 0 atom stereocenters. The number of hydrogen-bond donors (Lipinski definition) is 1. The normalized spacial score (nSPS) is 10.4. The first-order chi connectivity index (χ1) is 8.63. The van der Waals surface area contributed by atoms with Gasteiger partial charge in [-0.2, -0.15) is 0 Å². The van der Waals surface area contributed by atoms with Gasteiger partial charge in [0.1, 0.15) is 0 Å². The van der Waals surface area contributed by atoms with Crippen LogP contribution in [0.3, 0.4) is 0 Å². The monoisotopic (exact) mass is 312 g/mol. The number of carbonyl (C=O) groups is 1. The Labute approximate surface area is 111 Å². The Morgan fingerprint density at radius 3 is 3.06 bits per heavy atom. The van der Waals surface area contributed by atoms with Gasteiger partial charge < -0.3 is 9.72 Å². The molecule has 6 heteroatoms. The number of aromatic amines is 1. The molecule has 0 aliphatic rings. The van der Waals surface area contributed by atoms with Crippen molar-refractivity contribution < 1.29 is 13.9 Å². The van der Waals surface area contributed by atoms with Crippen LogP contribution in [0.1, 0.15) is 17.3 Å². The highest BCUT2D eigenvalue weighted by atomic mass is 79.9. The van der Waals surface area contributed by atoms with Gasteiger partial charge in [0.25, 0.3) is 0 Å². The van der Waals surface area contributed by atoms with E-state index in [1.807, 2.05) is 0 Å². The van der Waals surface area contributed by atoms with Gasteiger partial charge in [-0.25, -0.2) is 9.18 Å². The molecule has 0 saturated heterocycles. The van der Waals surface area contributed by atoms with E-state index in [9.17, 15) is 9.18 Å². The molecule has 2 rings (SSSR count). The predicted molar refractivity (Wildman–Crippen MR) is 67.6 cm³/mol. The Bertz CT molecular complexity index is 583. The van der Waals surface area contributed by atoms with E-state index in [4.69, 9.17) is 4.74 Å². The number of pyridine rings is 1. The third-order valence-electron chi connectivity index (χ3n) is 2.33. The minimum absolute atomic E-state index is 0.287. The quantitative estimate of drug-likeness (QED) is 0.886. The summed E-state index contributed by atoms with van der Waals surface area (Å²) in [6, 6.07) is 3.07. The number of H-pyrrole nitrogens is 1. The molecule has 0 bridgehead atoms. The average molecular weight is 313 g/mol. The first kappa shape index (κ1) is 12.8. The van der Waals surface area contributed by atoms with E-state index in [0.29, 0.717) is 21.4 Å². The SMILES string of the molecule is CCOC(=O)c1cc(-c2ccncc2F)[nH]c1Br. The number of halogens is 2. The highest BCUT2D eigenvalue weighted by molar-refractivity contribution is 9.10. The lowest BCUT2D eigenvalue weighted by Gasteiger charge is -1.98. The molecule has 2 aromatic heterocycles. The van der Waals surface area contributed by atoms with E-state index in [2.05, 4.69) is 25.9 Å². The van der Waals surface area contributed by atoms with Gasteiger partial charge >= 0.3 is 5.97 Å². The minimum atomic E-state index is -0.457. The van der Waals surface area contributed by atoms with Crippen molar-refractivity contribution in [2.45, 2.75) is 6.92 Å². The Hall–Kier alpha value is -1.69. The molecular formula is C12H10BrFN2O2. The zero-order valence-corrected chi connectivity index (χ0v) is 11.1. The molecule has 0 aromatic carbocycles. The van der Waals surface area contributed by atoms with Crippen LogP contribution in [-0.4, -0.2) is 22.5 Å². The lowest BCUT2D eigenvalue weighted by atomic mass is 10.2. The molecule has 0 spiro atoms. The van der Waals surface area contributed by atoms with Crippen LogP contribution in [0, 0.1) is 5.82 Å². The Balaban J connectivity index is 2.41. The summed E-state index contributed by atoms with van der Waals surface area (Å²) in [6.07, 6.45) is 2.60. The fourth-order valence-electron chi connectivity index (χ4n) is 1.53. The predicted octanol–water partition coefficient (Wildman–Crippen LogP) is 3.16. The standard InChI is InChI=1S/C12H10BrFN2O2/c1-2-18-12(17)8-5-10(16-11(8)13)7-3-4-15-6-9(7)14/h3-6,16H,2H2,1H3. The number of nitrogens with zero attached hydrogens (tertiary/aromatic N) is 1. The first-order valence-corrected chi connectivity index (χ1v) is 6.08. The molecule has 2 aromatic rings. The van der Waals surface area contributed by atoms with Crippen LogP contribution in [0.25, 0.3) is 11.3 Å². The van der Waals surface area contributed by atoms with E-state index >= 15 is 0 Å². The fourth-order valence-corrected chi connectivity index (χ4v) is 2.02. The van der Waals surface area contributed by atoms with Gasteiger partial charge in [0, 0.05) is 11.8 Å². The maximum atomic E-state index is 13.6. The van der Waals surface area contributed by atoms with Gasteiger partial charge in [-0.1, -0.05) is 0 Å². The Morgan fingerprint density at radius 1 is 1.61 bits per heavy atom. The maximum absolute atomic E-state index is 13.6. The molecule has 0 unspecified atom stereocenters. The third-order valence-corrected chi connectivity index (χ3v) is 2.95. The zero-order valence-electron chi connectivity index (χ0n) is 9.54. The summed E-state index contributed by atoms with van der Waals surface area (Å²) in [5.41, 5.74) is 1.18. The molecule has 0 saturated carbocycles. The van der Waals surface area contributed by atoms with Gasteiger partial charge in [0.05, 0.1) is 28.7 Å². The zero-order chi connectivity index (χ0) is 13.1. The van der Waals surface area contributed by atoms with Crippen molar-refractivity contribution >= 4 is 21.9 Å². The summed E-state index contributed by atoms with van der Waals surface area (Å²) < 4.78 is 18.9. The van der Waals surface area contributed by atoms with Crippen LogP contribution in [-0.2, 0) is 4.74 Å². The molecular weight excluding hydrogens is 303 g/mol. The lowest BCUT2D eigenvalue weighted by molar-refractivity contribution is 0.0525. The molecule has 2 heterocycles. The number of carbonyl (C=O) groups excluding carboxylic acids is 1. The second-order valence-electron chi connectivity index (χ2n) is 3.49. The molecule has 18 heavy (non-hydrogen) atoms. The largest absolute Gasteiger partial charge is 0.462 e. The van der Waals surface area contributed by atoms with Crippen LogP contribution >= 0.6 is 15.9 Å². The number of ether oxygens (including phenoxy) is 1. The van der Waals surface area contributed by atoms with Gasteiger partial charge in [-0.05, 0) is 35.0 Å². The number of rotatable bonds is 3. The van der Waals surface area contributed by atoms with Crippen molar-refractivity contribution in [3.05, 3.63) is 40.5 Å². The number of nitrogens with one attached hydrogen (secondary N) is 1. The Kier molecular flexibility index (Phi) is 3.76. The highest BCUT2D eigenvalue weighted by Gasteiger charge is 2.17. The summed E-state index contributed by atoms with van der Waals surface area (Å²) in [5.74, 6) is -0.914. The summed E-state index contributed by atoms with van der Waals surface area (Å²) >= 11 is 3.22. The average Bonchev–Trinajstić information content (AvgIpc) is 2.72. The summed E-state index contributed by atoms with van der Waals surface area (Å²) in [5, 5.41) is 0. The lowest BCUT2D eigenvalue weighted by Crippen LogP contribution is -2.03. The molecule has 94 valence electrons. The summed E-state index contributed by atoms with van der Waals surface area (Å²) in [6.45, 7) is 2.01. The smallest absolute Gasteiger partial charge is 0.340 e. The number of esters is 1. The summed E-state index contributed by atoms with van der Waals surface area (Å²) in [7, 11) is 0. The van der Waals surface area contributed by atoms with Crippen molar-refractivity contribution in [3.8, 4) is 11.3 Å². The van der Waals surface area contributed by atoms with Gasteiger partial charge in [0.15, 0.2) is 5.82 Å². The Morgan fingerprint density at radius 2 is 2.39 bits per heavy atom. The molecule has 0 radical (unpaired) electrons. The van der Waals surface area contributed by atoms with Gasteiger partial charge in [-0.15, -0.1) is 0 Å². The molecule has 0 aliphatic heterocycles. The van der Waals surface area contributed by atoms with E-state index < -0.39 is 11.8 Å². The van der Waals surface area contributed by atoms with Crippen molar-refractivity contribution in [1.82, 2.24) is 9.97 Å². The van der Waals surface area contributed by atoms with E-state index in [0.717, 1.165) is 6.20 Å². The fraction of sp³-hybridized carbons (Fsp3) is 0.167. The van der Waals surface area contributed by atoms with E-state index in [1.165, 1.54) is 12.3 Å². The third kappa shape index (κ3) is 2.43. The van der Waals surface area contributed by atoms with Gasteiger partial charge in [-0.3, -0.25) is 4.98 Å². The maximum Gasteiger partial charge on any atom is 0.340 e. The summed E-state index contributed by atoms with van der Waals surface area (Å²) in [4.78, 5) is 18.2. The highest BCUT2D eigenvalue weighted by Crippen LogP contribution is 2.27. The topological polar surface area (TPSA) is 55.0 Å². The molecule has 1 N–H and O–H groups in total. The number of aromatic nitrogens is 2. The van der Waals surface area contributed by atoms with Crippen LogP contribution < -0.4 is 0 Å². The second-order valence-corrected chi connectivity index (χ2v) is 4.28. The van der Waals surface area contributed by atoms with Crippen LogP contribution in [0.15, 0.2) is 29.1 Å². The molecule has 4 nitrogen and oxygen atoms in total. The number of hydrogen-bond acceptors (Lipinski definition) is 3. The van der Waals surface area contributed by atoms with Crippen LogP contribution in [0.2, 0.25) is 0 Å². The van der Waals surface area contributed by atoms with Crippen molar-refractivity contribution in [2.24, 2.45) is 0 Å². The molecule has 0 aliphatic carbocycles. The van der Waals surface area contributed by atoms with E-state index in [1.54, 1.807) is 13.0 Å². The van der Waals surface area contributed by atoms with Crippen LogP contribution in [0.5, 0.6) is 0 Å². The van der Waals surface area contributed by atoms with Crippen molar-refractivity contribution in [1.29, 1.82) is 0 Å². The molecule has 0 amide bonds. The van der Waals surface area contributed by atoms with Crippen LogP contribution in [0.4, 0.5) is 4.39 Å². The van der Waals surface area contributed by atoms with Crippen molar-refractivity contribution in [2.75, 3.05) is 6.61 Å². The molecule has 0 fully saturated rings. The van der Waals surface area contributed by atoms with Gasteiger partial charge in [0.2, 0.25) is 0 Å². The minimum Gasteiger partial charge on any atom is -0.462 e.